The summed E-state index contributed by atoms with van der Waals surface area (Å²) in [4.78, 5) is 6.70. The summed E-state index contributed by atoms with van der Waals surface area (Å²) in [5, 5.41) is 10.1. The molecule has 0 N–H and O–H groups in total. The quantitative estimate of drug-likeness (QED) is 0.442. The van der Waals surface area contributed by atoms with Gasteiger partial charge in [-0.25, -0.2) is 4.98 Å². The molecular formula is C24H21N5O. The lowest BCUT2D eigenvalue weighted by atomic mass is 10.0. The van der Waals surface area contributed by atoms with Crippen molar-refractivity contribution >= 4 is 22.4 Å². The number of nitrogens with zero attached hydrogens (tertiary/aromatic N) is 5. The van der Waals surface area contributed by atoms with Crippen molar-refractivity contribution in [2.45, 2.75) is 0 Å². The van der Waals surface area contributed by atoms with Crippen LogP contribution in [0.3, 0.4) is 0 Å². The zero-order chi connectivity index (χ0) is 20.7. The lowest BCUT2D eigenvalue weighted by molar-refractivity contribution is 0.415. The van der Waals surface area contributed by atoms with Crippen LogP contribution in [0, 0.1) is 0 Å². The van der Waals surface area contributed by atoms with E-state index in [2.05, 4.69) is 56.5 Å². The standard InChI is InChI=1S/C24H21N5O/c1-28(2)19-10-6-17(7-11-19)23-26-27-24-21(16-8-12-20(30-3)13-9-16)15-18-5-4-14-25-22(18)29(23)24/h4-15H,1-3H3. The van der Waals surface area contributed by atoms with E-state index < -0.39 is 0 Å². The zero-order valence-electron chi connectivity index (χ0n) is 17.1. The Morgan fingerprint density at radius 3 is 2.27 bits per heavy atom. The van der Waals surface area contributed by atoms with Crippen molar-refractivity contribution in [1.29, 1.82) is 0 Å². The average molecular weight is 395 g/mol. The molecule has 0 bridgehead atoms. The highest BCUT2D eigenvalue weighted by Crippen LogP contribution is 2.32. The van der Waals surface area contributed by atoms with Gasteiger partial charge in [-0.05, 0) is 60.2 Å². The third-order valence-electron chi connectivity index (χ3n) is 5.28. The summed E-state index contributed by atoms with van der Waals surface area (Å²) >= 11 is 0. The molecule has 6 nitrogen and oxygen atoms in total. The van der Waals surface area contributed by atoms with Gasteiger partial charge in [-0.2, -0.15) is 0 Å². The first-order chi connectivity index (χ1) is 14.7. The molecule has 0 unspecified atom stereocenters. The molecule has 5 rings (SSSR count). The number of rotatable bonds is 4. The Hall–Kier alpha value is -3.93. The van der Waals surface area contributed by atoms with E-state index >= 15 is 0 Å². The molecule has 0 radical (unpaired) electrons. The Bertz CT molecular complexity index is 1340. The van der Waals surface area contributed by atoms with E-state index in [0.29, 0.717) is 0 Å². The summed E-state index contributed by atoms with van der Waals surface area (Å²) in [7, 11) is 5.72. The largest absolute Gasteiger partial charge is 0.497 e. The number of aromatic nitrogens is 4. The Labute approximate surface area is 174 Å². The van der Waals surface area contributed by atoms with Crippen LogP contribution in [0.5, 0.6) is 5.75 Å². The second kappa shape index (κ2) is 7.15. The Kier molecular flexibility index (Phi) is 4.32. The van der Waals surface area contributed by atoms with Crippen LogP contribution in [0.25, 0.3) is 39.2 Å². The summed E-state index contributed by atoms with van der Waals surface area (Å²) in [6.45, 7) is 0. The van der Waals surface area contributed by atoms with Gasteiger partial charge in [-0.1, -0.05) is 12.1 Å². The molecule has 5 aromatic rings. The van der Waals surface area contributed by atoms with Crippen LogP contribution < -0.4 is 9.64 Å². The van der Waals surface area contributed by atoms with Crippen molar-refractivity contribution in [2.24, 2.45) is 0 Å². The molecule has 0 fully saturated rings. The summed E-state index contributed by atoms with van der Waals surface area (Å²) in [5.41, 5.74) is 5.79. The second-order valence-corrected chi connectivity index (χ2v) is 7.33. The fraction of sp³-hybridized carbons (Fsp3) is 0.125. The van der Waals surface area contributed by atoms with Crippen LogP contribution in [-0.2, 0) is 0 Å². The summed E-state index contributed by atoms with van der Waals surface area (Å²) in [6, 6.07) is 22.4. The number of anilines is 1. The van der Waals surface area contributed by atoms with Gasteiger partial charge in [0.1, 0.15) is 11.4 Å². The number of ether oxygens (including phenoxy) is 1. The molecule has 6 heteroatoms. The maximum Gasteiger partial charge on any atom is 0.170 e. The summed E-state index contributed by atoms with van der Waals surface area (Å²) < 4.78 is 7.35. The molecule has 0 aliphatic heterocycles. The minimum Gasteiger partial charge on any atom is -0.497 e. The number of methoxy groups -OCH3 is 1. The van der Waals surface area contributed by atoms with Crippen LogP contribution in [0.2, 0.25) is 0 Å². The number of pyridine rings is 2. The summed E-state index contributed by atoms with van der Waals surface area (Å²) in [5.74, 6) is 1.59. The predicted molar refractivity (Wildman–Crippen MR) is 120 cm³/mol. The third kappa shape index (κ3) is 2.93. The highest BCUT2D eigenvalue weighted by molar-refractivity contribution is 5.91. The van der Waals surface area contributed by atoms with Crippen LogP contribution in [0.15, 0.2) is 72.9 Å². The minimum absolute atomic E-state index is 0.773. The SMILES string of the molecule is COc1ccc(-c2cc3cccnc3n3c(-c4ccc(N(C)C)cc4)nnc23)cc1. The molecule has 148 valence electrons. The lowest BCUT2D eigenvalue weighted by Gasteiger charge is -2.13. The fourth-order valence-electron chi connectivity index (χ4n) is 3.67. The molecule has 2 aromatic carbocycles. The van der Waals surface area contributed by atoms with Crippen molar-refractivity contribution in [3.8, 4) is 28.3 Å². The molecule has 0 saturated carbocycles. The molecule has 0 atom stereocenters. The van der Waals surface area contributed by atoms with E-state index in [1.807, 2.05) is 48.8 Å². The van der Waals surface area contributed by atoms with Crippen LogP contribution in [0.1, 0.15) is 0 Å². The lowest BCUT2D eigenvalue weighted by Crippen LogP contribution is -2.08. The first-order valence-electron chi connectivity index (χ1n) is 9.71. The van der Waals surface area contributed by atoms with Crippen LogP contribution in [-0.4, -0.2) is 40.8 Å². The van der Waals surface area contributed by atoms with Crippen molar-refractivity contribution in [2.75, 3.05) is 26.1 Å². The maximum atomic E-state index is 5.30. The van der Waals surface area contributed by atoms with Crippen LogP contribution in [0.4, 0.5) is 5.69 Å². The van der Waals surface area contributed by atoms with Crippen molar-refractivity contribution in [1.82, 2.24) is 19.6 Å². The molecule has 0 aliphatic carbocycles. The summed E-state index contributed by atoms with van der Waals surface area (Å²) in [6.07, 6.45) is 1.80. The highest BCUT2D eigenvalue weighted by Gasteiger charge is 2.17. The van der Waals surface area contributed by atoms with Gasteiger partial charge in [0, 0.05) is 42.5 Å². The average Bonchev–Trinajstić information content (AvgIpc) is 3.24. The zero-order valence-corrected chi connectivity index (χ0v) is 17.1. The second-order valence-electron chi connectivity index (χ2n) is 7.33. The molecule has 0 amide bonds. The smallest absolute Gasteiger partial charge is 0.170 e. The van der Waals surface area contributed by atoms with Gasteiger partial charge < -0.3 is 9.64 Å². The van der Waals surface area contributed by atoms with Gasteiger partial charge in [0.25, 0.3) is 0 Å². The van der Waals surface area contributed by atoms with E-state index in [4.69, 9.17) is 4.74 Å². The van der Waals surface area contributed by atoms with Gasteiger partial charge in [0.05, 0.1) is 7.11 Å². The van der Waals surface area contributed by atoms with Gasteiger partial charge in [0.2, 0.25) is 0 Å². The number of hydrogen-bond donors (Lipinski definition) is 0. The Morgan fingerprint density at radius 1 is 0.833 bits per heavy atom. The predicted octanol–water partition coefficient (Wildman–Crippen LogP) is 4.69. The normalized spacial score (nSPS) is 11.2. The first-order valence-corrected chi connectivity index (χ1v) is 9.71. The number of fused-ring (bicyclic) bond motifs is 3. The van der Waals surface area contributed by atoms with Gasteiger partial charge >= 0.3 is 0 Å². The molecule has 30 heavy (non-hydrogen) atoms. The first kappa shape index (κ1) is 18.1. The van der Waals surface area contributed by atoms with E-state index in [-0.39, 0.29) is 0 Å². The van der Waals surface area contributed by atoms with E-state index in [1.165, 1.54) is 0 Å². The monoisotopic (exact) mass is 395 g/mol. The molecule has 0 aliphatic rings. The Morgan fingerprint density at radius 2 is 1.57 bits per heavy atom. The Balaban J connectivity index is 1.77. The number of hydrogen-bond acceptors (Lipinski definition) is 5. The van der Waals surface area contributed by atoms with Gasteiger partial charge in [-0.15, -0.1) is 10.2 Å². The maximum absolute atomic E-state index is 5.30. The highest BCUT2D eigenvalue weighted by atomic mass is 16.5. The van der Waals surface area contributed by atoms with Crippen molar-refractivity contribution < 1.29 is 4.74 Å². The van der Waals surface area contributed by atoms with Crippen molar-refractivity contribution in [3.63, 3.8) is 0 Å². The third-order valence-corrected chi connectivity index (χ3v) is 5.28. The van der Waals surface area contributed by atoms with Crippen LogP contribution >= 0.6 is 0 Å². The molecular weight excluding hydrogens is 374 g/mol. The molecule has 0 saturated heterocycles. The minimum atomic E-state index is 0.773. The topological polar surface area (TPSA) is 55.6 Å². The van der Waals surface area contributed by atoms with Gasteiger partial charge in [-0.3, -0.25) is 4.40 Å². The van der Waals surface area contributed by atoms with Crippen molar-refractivity contribution in [3.05, 3.63) is 72.9 Å². The molecule has 0 spiro atoms. The number of benzene rings is 2. The fourth-order valence-corrected chi connectivity index (χ4v) is 3.67. The molecule has 3 aromatic heterocycles. The molecule has 3 heterocycles. The van der Waals surface area contributed by atoms with E-state index in [0.717, 1.165) is 50.6 Å². The van der Waals surface area contributed by atoms with Gasteiger partial charge in [0.15, 0.2) is 11.5 Å². The van der Waals surface area contributed by atoms with E-state index in [1.54, 1.807) is 13.3 Å². The van der Waals surface area contributed by atoms with E-state index in [9.17, 15) is 0 Å².